The zero-order valence-electron chi connectivity index (χ0n) is 8.50. The van der Waals surface area contributed by atoms with Gasteiger partial charge in [0.2, 0.25) is 0 Å². The molecule has 0 bridgehead atoms. The average Bonchev–Trinajstić information content (AvgIpc) is 2.01. The maximum absolute atomic E-state index is 4.16. The zero-order chi connectivity index (χ0) is 10.6. The van der Waals surface area contributed by atoms with E-state index in [4.69, 9.17) is 0 Å². The second-order valence-electron chi connectivity index (χ2n) is 3.84. The minimum atomic E-state index is 0.595. The summed E-state index contributed by atoms with van der Waals surface area (Å²) in [7, 11) is 0. The summed E-state index contributed by atoms with van der Waals surface area (Å²) in [6.45, 7) is 4.47. The van der Waals surface area contributed by atoms with E-state index in [1.165, 1.54) is 12.0 Å². The lowest BCUT2D eigenvalue weighted by Gasteiger charge is -2.12. The summed E-state index contributed by atoms with van der Waals surface area (Å²) in [4.78, 5) is 4.75. The fourth-order valence-corrected chi connectivity index (χ4v) is 2.66. The quantitative estimate of drug-likeness (QED) is 0.758. The second-order valence-corrected chi connectivity index (χ2v) is 6.32. The van der Waals surface area contributed by atoms with Crippen molar-refractivity contribution in [3.8, 4) is 0 Å². The summed E-state index contributed by atoms with van der Waals surface area (Å²) in [5.74, 6) is 0.695. The molecular formula is C11H15Br2N. The number of aromatic nitrogens is 1. The summed E-state index contributed by atoms with van der Waals surface area (Å²) in [5.41, 5.74) is 1.31. The van der Waals surface area contributed by atoms with Gasteiger partial charge in [0.25, 0.3) is 0 Å². The molecule has 1 heterocycles. The molecule has 0 N–H and O–H groups in total. The molecule has 0 amide bonds. The maximum Gasteiger partial charge on any atom is 0.0410 e. The molecule has 3 heteroatoms. The van der Waals surface area contributed by atoms with Gasteiger partial charge < -0.3 is 0 Å². The lowest BCUT2D eigenvalue weighted by Crippen LogP contribution is -2.05. The first-order chi connectivity index (χ1) is 6.58. The van der Waals surface area contributed by atoms with Crippen LogP contribution in [0.1, 0.15) is 25.8 Å². The third-order valence-corrected chi connectivity index (χ3v) is 2.88. The predicted octanol–water partition coefficient (Wildman–Crippen LogP) is 4.20. The number of pyridine rings is 1. The molecule has 0 radical (unpaired) electrons. The molecule has 0 aliphatic carbocycles. The SMILES string of the molecule is CC(Br)CC(C)Cc1cncc(Br)c1. The largest absolute Gasteiger partial charge is 0.263 e. The molecule has 1 aromatic heterocycles. The Labute approximate surface area is 103 Å². The molecule has 0 saturated carbocycles. The Morgan fingerprint density at radius 3 is 2.64 bits per heavy atom. The van der Waals surface area contributed by atoms with E-state index in [2.05, 4.69) is 56.8 Å². The van der Waals surface area contributed by atoms with E-state index in [9.17, 15) is 0 Å². The standard InChI is InChI=1S/C11H15Br2N/c1-8(3-9(2)12)4-10-5-11(13)7-14-6-10/h5-9H,3-4H2,1-2H3. The average molecular weight is 321 g/mol. The third kappa shape index (κ3) is 4.56. The van der Waals surface area contributed by atoms with Crippen LogP contribution in [0.4, 0.5) is 0 Å². The minimum Gasteiger partial charge on any atom is -0.263 e. The van der Waals surface area contributed by atoms with Crippen LogP contribution in [0.5, 0.6) is 0 Å². The van der Waals surface area contributed by atoms with Crippen LogP contribution in [0.2, 0.25) is 0 Å². The van der Waals surface area contributed by atoms with Gasteiger partial charge in [-0.1, -0.05) is 29.8 Å². The predicted molar refractivity (Wildman–Crippen MR) is 67.8 cm³/mol. The lowest BCUT2D eigenvalue weighted by atomic mass is 9.98. The normalized spacial score (nSPS) is 15.1. The van der Waals surface area contributed by atoms with Crippen LogP contribution in [0.3, 0.4) is 0 Å². The number of alkyl halides is 1. The van der Waals surface area contributed by atoms with Crippen molar-refractivity contribution in [2.75, 3.05) is 0 Å². The van der Waals surface area contributed by atoms with Gasteiger partial charge in [0.1, 0.15) is 0 Å². The molecule has 1 nitrogen and oxygen atoms in total. The Morgan fingerprint density at radius 1 is 1.36 bits per heavy atom. The molecule has 0 saturated heterocycles. The van der Waals surface area contributed by atoms with Gasteiger partial charge in [-0.2, -0.15) is 0 Å². The molecule has 0 aromatic carbocycles. The monoisotopic (exact) mass is 319 g/mol. The van der Waals surface area contributed by atoms with Crippen LogP contribution in [0.25, 0.3) is 0 Å². The van der Waals surface area contributed by atoms with Gasteiger partial charge >= 0.3 is 0 Å². The summed E-state index contributed by atoms with van der Waals surface area (Å²) in [5, 5.41) is 0. The van der Waals surface area contributed by atoms with Crippen LogP contribution in [0, 0.1) is 5.92 Å². The Bertz CT molecular complexity index is 286. The fraction of sp³-hybridized carbons (Fsp3) is 0.545. The fourth-order valence-electron chi connectivity index (χ4n) is 1.61. The minimum absolute atomic E-state index is 0.595. The summed E-state index contributed by atoms with van der Waals surface area (Å²) < 4.78 is 1.06. The van der Waals surface area contributed by atoms with Crippen molar-refractivity contribution in [1.29, 1.82) is 0 Å². The molecule has 0 fully saturated rings. The van der Waals surface area contributed by atoms with E-state index in [1.807, 2.05) is 12.4 Å². The lowest BCUT2D eigenvalue weighted by molar-refractivity contribution is 0.532. The molecular weight excluding hydrogens is 306 g/mol. The summed E-state index contributed by atoms with van der Waals surface area (Å²) in [6.07, 6.45) is 6.07. The van der Waals surface area contributed by atoms with E-state index >= 15 is 0 Å². The first-order valence-electron chi connectivity index (χ1n) is 4.81. The van der Waals surface area contributed by atoms with Gasteiger partial charge in [0.15, 0.2) is 0 Å². The molecule has 78 valence electrons. The van der Waals surface area contributed by atoms with Crippen molar-refractivity contribution in [2.24, 2.45) is 5.92 Å². The van der Waals surface area contributed by atoms with Crippen LogP contribution >= 0.6 is 31.9 Å². The molecule has 0 aliphatic heterocycles. The van der Waals surface area contributed by atoms with Crippen molar-refractivity contribution in [3.05, 3.63) is 28.5 Å². The van der Waals surface area contributed by atoms with Gasteiger partial charge in [0, 0.05) is 21.7 Å². The molecule has 2 atom stereocenters. The highest BCUT2D eigenvalue weighted by Crippen LogP contribution is 2.18. The highest BCUT2D eigenvalue weighted by Gasteiger charge is 2.07. The molecule has 0 aliphatic rings. The first kappa shape index (κ1) is 12.2. The van der Waals surface area contributed by atoms with Crippen molar-refractivity contribution < 1.29 is 0 Å². The zero-order valence-corrected chi connectivity index (χ0v) is 11.7. The van der Waals surface area contributed by atoms with E-state index in [0.29, 0.717) is 10.7 Å². The Morgan fingerprint density at radius 2 is 2.07 bits per heavy atom. The van der Waals surface area contributed by atoms with Crippen molar-refractivity contribution in [1.82, 2.24) is 4.98 Å². The smallest absolute Gasteiger partial charge is 0.0410 e. The van der Waals surface area contributed by atoms with Crippen molar-refractivity contribution >= 4 is 31.9 Å². The van der Waals surface area contributed by atoms with Gasteiger partial charge in [0.05, 0.1) is 0 Å². The van der Waals surface area contributed by atoms with Gasteiger partial charge in [-0.3, -0.25) is 4.98 Å². The Kier molecular flexibility index (Phi) is 5.10. The Balaban J connectivity index is 2.51. The van der Waals surface area contributed by atoms with E-state index in [-0.39, 0.29) is 0 Å². The number of hydrogen-bond donors (Lipinski definition) is 0. The van der Waals surface area contributed by atoms with Crippen LogP contribution < -0.4 is 0 Å². The van der Waals surface area contributed by atoms with Crippen LogP contribution in [0.15, 0.2) is 22.9 Å². The van der Waals surface area contributed by atoms with Crippen LogP contribution in [-0.2, 0) is 6.42 Å². The summed E-state index contributed by atoms with van der Waals surface area (Å²) >= 11 is 7.01. The number of nitrogens with zero attached hydrogens (tertiary/aromatic N) is 1. The van der Waals surface area contributed by atoms with Gasteiger partial charge in [-0.15, -0.1) is 0 Å². The van der Waals surface area contributed by atoms with E-state index in [1.54, 1.807) is 0 Å². The maximum atomic E-state index is 4.16. The Hall–Kier alpha value is 0.110. The van der Waals surface area contributed by atoms with Crippen molar-refractivity contribution in [2.45, 2.75) is 31.5 Å². The second kappa shape index (κ2) is 5.86. The molecule has 2 unspecified atom stereocenters. The third-order valence-electron chi connectivity index (χ3n) is 2.07. The number of hydrogen-bond acceptors (Lipinski definition) is 1. The van der Waals surface area contributed by atoms with Crippen molar-refractivity contribution in [3.63, 3.8) is 0 Å². The van der Waals surface area contributed by atoms with Crippen LogP contribution in [-0.4, -0.2) is 9.81 Å². The summed E-state index contributed by atoms with van der Waals surface area (Å²) in [6, 6.07) is 2.14. The topological polar surface area (TPSA) is 12.9 Å². The number of rotatable bonds is 4. The van der Waals surface area contributed by atoms with E-state index < -0.39 is 0 Å². The highest BCUT2D eigenvalue weighted by atomic mass is 79.9. The molecule has 1 aromatic rings. The number of halogens is 2. The van der Waals surface area contributed by atoms with Gasteiger partial charge in [-0.25, -0.2) is 0 Å². The first-order valence-corrected chi connectivity index (χ1v) is 6.52. The van der Waals surface area contributed by atoms with E-state index in [0.717, 1.165) is 10.9 Å². The molecule has 14 heavy (non-hydrogen) atoms. The molecule has 0 spiro atoms. The molecule has 1 rings (SSSR count). The highest BCUT2D eigenvalue weighted by molar-refractivity contribution is 9.10. The van der Waals surface area contributed by atoms with Gasteiger partial charge in [-0.05, 0) is 46.3 Å².